The molecular formula is C34H36Cl2N6O6S2. The Morgan fingerprint density at radius 1 is 0.960 bits per heavy atom. The van der Waals surface area contributed by atoms with E-state index in [1.54, 1.807) is 6.07 Å². The van der Waals surface area contributed by atoms with Gasteiger partial charge in [0.25, 0.3) is 0 Å². The van der Waals surface area contributed by atoms with Gasteiger partial charge in [0.05, 0.1) is 9.92 Å². The van der Waals surface area contributed by atoms with Crippen LogP contribution < -0.4 is 10.5 Å². The van der Waals surface area contributed by atoms with Crippen LogP contribution >= 0.6 is 23.2 Å². The number of aryl methyl sites for hydroxylation is 2. The molecule has 50 heavy (non-hydrogen) atoms. The number of rotatable bonds is 9. The van der Waals surface area contributed by atoms with Gasteiger partial charge in [0, 0.05) is 60.0 Å². The summed E-state index contributed by atoms with van der Waals surface area (Å²) < 4.78 is 63.3. The molecule has 4 aromatic rings. The third-order valence-corrected chi connectivity index (χ3v) is 13.9. The number of hydrogen-bond acceptors (Lipinski definition) is 8. The Bertz CT molecular complexity index is 2210. The zero-order chi connectivity index (χ0) is 36.0. The maximum Gasteiger partial charge on any atom is 0.245 e. The molecule has 2 saturated heterocycles. The number of benzene rings is 3. The lowest BCUT2D eigenvalue weighted by molar-refractivity contribution is -0.135. The third-order valence-electron chi connectivity index (χ3n) is 9.09. The first-order chi connectivity index (χ1) is 23.7. The highest BCUT2D eigenvalue weighted by atomic mass is 35.5. The molecule has 2 aliphatic heterocycles. The largest absolute Gasteiger partial charge is 0.487 e. The zero-order valence-corrected chi connectivity index (χ0v) is 30.5. The number of fused-ring (bicyclic) bond motifs is 1. The molecule has 3 aromatic carbocycles. The van der Waals surface area contributed by atoms with Gasteiger partial charge in [-0.1, -0.05) is 35.3 Å². The van der Waals surface area contributed by atoms with Crippen LogP contribution in [0, 0.1) is 19.3 Å². The second kappa shape index (κ2) is 14.1. The van der Waals surface area contributed by atoms with Crippen LogP contribution in [-0.4, -0.2) is 85.8 Å². The van der Waals surface area contributed by atoms with Crippen molar-refractivity contribution in [3.05, 3.63) is 93.1 Å². The van der Waals surface area contributed by atoms with Crippen molar-refractivity contribution >= 4 is 65.9 Å². The summed E-state index contributed by atoms with van der Waals surface area (Å²) >= 11 is 13.3. The van der Waals surface area contributed by atoms with Crippen LogP contribution in [0.4, 0.5) is 0 Å². The summed E-state index contributed by atoms with van der Waals surface area (Å²) in [5.41, 5.74) is 8.71. The molecule has 0 saturated carbocycles. The number of para-hydroxylation sites is 1. The van der Waals surface area contributed by atoms with Crippen LogP contribution in [0.5, 0.6) is 5.75 Å². The van der Waals surface area contributed by atoms with Crippen LogP contribution in [0.2, 0.25) is 10.0 Å². The number of nitrogens with zero attached hydrogens (tertiary/aromatic N) is 4. The normalized spacial score (nSPS) is 17.7. The van der Waals surface area contributed by atoms with Crippen molar-refractivity contribution in [2.75, 3.05) is 32.7 Å². The summed E-state index contributed by atoms with van der Waals surface area (Å²) in [5.74, 6) is -0.0630. The molecule has 0 radical (unpaired) electrons. The van der Waals surface area contributed by atoms with Gasteiger partial charge in [0.1, 0.15) is 34.6 Å². The van der Waals surface area contributed by atoms with E-state index in [-0.39, 0.29) is 70.6 Å². The van der Waals surface area contributed by atoms with Crippen molar-refractivity contribution in [3.63, 3.8) is 0 Å². The number of carbonyl (C=O) groups is 1. The van der Waals surface area contributed by atoms with Crippen molar-refractivity contribution in [1.82, 2.24) is 18.5 Å². The summed E-state index contributed by atoms with van der Waals surface area (Å²) in [6, 6.07) is 15.1. The van der Waals surface area contributed by atoms with Gasteiger partial charge in [-0.3, -0.25) is 10.2 Å². The van der Waals surface area contributed by atoms with Gasteiger partial charge in [0.2, 0.25) is 26.0 Å². The number of carbonyl (C=O) groups excluding carboxylic acids is 1. The number of nitrogens with one attached hydrogen (secondary N) is 1. The van der Waals surface area contributed by atoms with Gasteiger partial charge in [-0.05, 0) is 80.8 Å². The van der Waals surface area contributed by atoms with Crippen LogP contribution in [0.1, 0.15) is 35.2 Å². The van der Waals surface area contributed by atoms with E-state index in [9.17, 15) is 21.6 Å². The molecule has 0 bridgehead atoms. The van der Waals surface area contributed by atoms with E-state index in [0.717, 1.165) is 16.6 Å². The highest BCUT2D eigenvalue weighted by molar-refractivity contribution is 7.89. The van der Waals surface area contributed by atoms with E-state index in [1.807, 2.05) is 32.0 Å². The number of amidine groups is 1. The standard InChI is InChI=1S/C34H36Cl2N6O6S2/c1-21-19-22(2)39-32-25(21)5-3-7-29(32)48-20-26-27(35)12-13-30(31(26)36)50(46,47)42-14-4-6-28(42)34(43)40-15-17-41(18-16-40)49(44,45)24-10-8-23(9-11-24)33(37)38/h3,5,7-13,19,28H,4,6,14-18,20H2,1-2H3,(H3,37,38). The number of sulfonamides is 2. The fraction of sp³-hybridized carbons (Fsp3) is 0.324. The summed E-state index contributed by atoms with van der Waals surface area (Å²) in [5, 5.41) is 8.58. The number of nitrogen functional groups attached to an aromatic ring is 1. The van der Waals surface area contributed by atoms with Gasteiger partial charge >= 0.3 is 0 Å². The molecular weight excluding hydrogens is 723 g/mol. The lowest BCUT2D eigenvalue weighted by atomic mass is 10.1. The van der Waals surface area contributed by atoms with Crippen LogP contribution in [0.15, 0.2) is 70.5 Å². The molecule has 2 aliphatic rings. The second-order valence-electron chi connectivity index (χ2n) is 12.3. The third kappa shape index (κ3) is 6.80. The Balaban J connectivity index is 1.17. The molecule has 12 nitrogen and oxygen atoms in total. The Kier molecular flexibility index (Phi) is 10.1. The molecule has 0 aliphatic carbocycles. The van der Waals surface area contributed by atoms with Gasteiger partial charge in [0.15, 0.2) is 0 Å². The molecule has 0 spiro atoms. The molecule has 3 heterocycles. The Morgan fingerprint density at radius 3 is 2.34 bits per heavy atom. The van der Waals surface area contributed by atoms with Crippen molar-refractivity contribution in [2.45, 2.75) is 49.1 Å². The highest BCUT2D eigenvalue weighted by Crippen LogP contribution is 2.37. The number of pyridine rings is 1. The monoisotopic (exact) mass is 758 g/mol. The number of nitrogens with two attached hydrogens (primary N) is 1. The van der Waals surface area contributed by atoms with Crippen molar-refractivity contribution in [2.24, 2.45) is 5.73 Å². The number of aromatic nitrogens is 1. The fourth-order valence-corrected chi connectivity index (χ4v) is 10.4. The quantitative estimate of drug-likeness (QED) is 0.183. The summed E-state index contributed by atoms with van der Waals surface area (Å²) in [7, 11) is -8.11. The average molecular weight is 760 g/mol. The maximum absolute atomic E-state index is 14.1. The Hall–Kier alpha value is -3.79. The molecule has 2 fully saturated rings. The second-order valence-corrected chi connectivity index (χ2v) is 16.9. The predicted molar refractivity (Wildman–Crippen MR) is 192 cm³/mol. The van der Waals surface area contributed by atoms with Gasteiger partial charge in [-0.15, -0.1) is 0 Å². The number of halogens is 2. The topological polar surface area (TPSA) is 167 Å². The minimum absolute atomic E-state index is 0.0414. The SMILES string of the molecule is Cc1cc(C)c2cccc(OCc3c(Cl)ccc(S(=O)(=O)N4CCCC4C(=O)N4CCN(S(=O)(=O)c5ccc(C(=N)N)cc5)CC4)c3Cl)c2n1. The van der Waals surface area contributed by atoms with Gasteiger partial charge in [-0.25, -0.2) is 21.8 Å². The number of piperazine rings is 1. The molecule has 1 atom stereocenters. The number of ether oxygens (including phenoxy) is 1. The lowest BCUT2D eigenvalue weighted by Crippen LogP contribution is -2.55. The van der Waals surface area contributed by atoms with E-state index in [4.69, 9.17) is 39.1 Å². The first-order valence-corrected chi connectivity index (χ1v) is 19.6. The van der Waals surface area contributed by atoms with Crippen LogP contribution in [0.25, 0.3) is 10.9 Å². The van der Waals surface area contributed by atoms with Crippen molar-refractivity contribution in [1.29, 1.82) is 5.41 Å². The minimum atomic E-state index is -4.25. The maximum atomic E-state index is 14.1. The highest BCUT2D eigenvalue weighted by Gasteiger charge is 2.43. The Labute approximate surface area is 301 Å². The molecule has 1 amide bonds. The summed E-state index contributed by atoms with van der Waals surface area (Å²) in [4.78, 5) is 19.8. The van der Waals surface area contributed by atoms with E-state index >= 15 is 0 Å². The van der Waals surface area contributed by atoms with Crippen molar-refractivity contribution in [3.8, 4) is 5.75 Å². The molecule has 3 N–H and O–H groups in total. The molecule has 1 aromatic heterocycles. The van der Waals surface area contributed by atoms with E-state index < -0.39 is 32.0 Å². The first kappa shape index (κ1) is 36.0. The summed E-state index contributed by atoms with van der Waals surface area (Å²) in [6.07, 6.45) is 0.779. The van der Waals surface area contributed by atoms with Crippen molar-refractivity contribution < 1.29 is 26.4 Å². The molecule has 1 unspecified atom stereocenters. The number of hydrogen-bond donors (Lipinski definition) is 2. The van der Waals surface area contributed by atoms with E-state index in [1.165, 1.54) is 49.9 Å². The smallest absolute Gasteiger partial charge is 0.245 e. The Morgan fingerprint density at radius 2 is 1.66 bits per heavy atom. The molecule has 16 heteroatoms. The van der Waals surface area contributed by atoms with E-state index in [2.05, 4.69) is 4.98 Å². The number of amides is 1. The fourth-order valence-electron chi connectivity index (χ4n) is 6.45. The van der Waals surface area contributed by atoms with Crippen LogP contribution in [0.3, 0.4) is 0 Å². The molecule has 264 valence electrons. The lowest BCUT2D eigenvalue weighted by Gasteiger charge is -2.36. The van der Waals surface area contributed by atoms with Gasteiger partial charge in [-0.2, -0.15) is 8.61 Å². The zero-order valence-electron chi connectivity index (χ0n) is 27.4. The molecule has 6 rings (SSSR count). The average Bonchev–Trinajstić information content (AvgIpc) is 3.59. The minimum Gasteiger partial charge on any atom is -0.487 e. The summed E-state index contributed by atoms with van der Waals surface area (Å²) in [6.45, 7) is 4.16. The van der Waals surface area contributed by atoms with Gasteiger partial charge < -0.3 is 15.4 Å². The first-order valence-electron chi connectivity index (χ1n) is 15.9. The predicted octanol–water partition coefficient (Wildman–Crippen LogP) is 4.71. The van der Waals surface area contributed by atoms with Crippen LogP contribution in [-0.2, 0) is 31.4 Å². The van der Waals surface area contributed by atoms with E-state index in [0.29, 0.717) is 29.7 Å².